The van der Waals surface area contributed by atoms with Crippen molar-refractivity contribution in [1.29, 1.82) is 0 Å². The van der Waals surface area contributed by atoms with Gasteiger partial charge in [-0.15, -0.1) is 0 Å². The molecule has 0 spiro atoms. The number of nitrogens with two attached hydrogens (primary N) is 1. The highest BCUT2D eigenvalue weighted by atomic mass is 16.2. The molecule has 1 heterocycles. The summed E-state index contributed by atoms with van der Waals surface area (Å²) in [6, 6.07) is 8.21. The Morgan fingerprint density at radius 2 is 2.11 bits per heavy atom. The van der Waals surface area contributed by atoms with Crippen LogP contribution in [0.1, 0.15) is 30.4 Å². The monoisotopic (exact) mass is 260 g/mol. The molecule has 1 aromatic rings. The van der Waals surface area contributed by atoms with Gasteiger partial charge in [-0.05, 0) is 44.2 Å². The van der Waals surface area contributed by atoms with Crippen LogP contribution < -0.4 is 5.73 Å². The number of amides is 1. The van der Waals surface area contributed by atoms with Gasteiger partial charge in [0.1, 0.15) is 0 Å². The van der Waals surface area contributed by atoms with Crippen LogP contribution in [0.25, 0.3) is 0 Å². The van der Waals surface area contributed by atoms with E-state index in [-0.39, 0.29) is 5.91 Å². The molecule has 0 atom stereocenters. The molecule has 0 aliphatic carbocycles. The van der Waals surface area contributed by atoms with Crippen LogP contribution in [0.15, 0.2) is 24.3 Å². The summed E-state index contributed by atoms with van der Waals surface area (Å²) < 4.78 is 0. The Hall–Kier alpha value is -1.35. The summed E-state index contributed by atoms with van der Waals surface area (Å²) >= 11 is 0. The first-order chi connectivity index (χ1) is 9.19. The van der Waals surface area contributed by atoms with E-state index >= 15 is 0 Å². The molecule has 2 N–H and O–H groups in total. The minimum Gasteiger partial charge on any atom is -0.342 e. The van der Waals surface area contributed by atoms with E-state index in [0.29, 0.717) is 12.3 Å². The maximum atomic E-state index is 12.2. The van der Waals surface area contributed by atoms with Crippen LogP contribution in [0.4, 0.5) is 0 Å². The van der Waals surface area contributed by atoms with Gasteiger partial charge in [0.2, 0.25) is 5.91 Å². The van der Waals surface area contributed by atoms with E-state index in [0.717, 1.165) is 44.5 Å². The highest BCUT2D eigenvalue weighted by Crippen LogP contribution is 2.20. The third-order valence-electron chi connectivity index (χ3n) is 3.98. The average molecular weight is 260 g/mol. The first-order valence-corrected chi connectivity index (χ1v) is 7.22. The van der Waals surface area contributed by atoms with Gasteiger partial charge in [0.05, 0.1) is 6.42 Å². The van der Waals surface area contributed by atoms with E-state index in [1.165, 1.54) is 5.56 Å². The highest BCUT2D eigenvalue weighted by Gasteiger charge is 2.22. The third-order valence-corrected chi connectivity index (χ3v) is 3.98. The number of hydrogen-bond donors (Lipinski definition) is 1. The number of likely N-dealkylation sites (tertiary alicyclic amines) is 1. The maximum absolute atomic E-state index is 12.2. The number of benzene rings is 1. The first-order valence-electron chi connectivity index (χ1n) is 7.22. The summed E-state index contributed by atoms with van der Waals surface area (Å²) in [7, 11) is 0. The number of carbonyl (C=O) groups excluding carboxylic acids is 1. The Kier molecular flexibility index (Phi) is 4.97. The van der Waals surface area contributed by atoms with Gasteiger partial charge in [0.25, 0.3) is 0 Å². The number of hydrogen-bond acceptors (Lipinski definition) is 2. The van der Waals surface area contributed by atoms with Crippen LogP contribution in [0.5, 0.6) is 0 Å². The van der Waals surface area contributed by atoms with Crippen molar-refractivity contribution in [2.24, 2.45) is 11.7 Å². The molecule has 104 valence electrons. The Morgan fingerprint density at radius 3 is 2.74 bits per heavy atom. The lowest BCUT2D eigenvalue weighted by atomic mass is 9.93. The molecular formula is C16H24N2O. The molecule has 0 saturated carbocycles. The number of rotatable bonds is 4. The Morgan fingerprint density at radius 1 is 1.37 bits per heavy atom. The fourth-order valence-corrected chi connectivity index (χ4v) is 2.82. The zero-order valence-electron chi connectivity index (χ0n) is 11.8. The van der Waals surface area contributed by atoms with Crippen molar-refractivity contribution in [2.45, 2.75) is 32.6 Å². The van der Waals surface area contributed by atoms with Crippen LogP contribution in [0, 0.1) is 12.8 Å². The molecule has 1 amide bonds. The van der Waals surface area contributed by atoms with Gasteiger partial charge in [-0.2, -0.15) is 0 Å². The molecule has 3 heteroatoms. The van der Waals surface area contributed by atoms with Gasteiger partial charge < -0.3 is 10.6 Å². The summed E-state index contributed by atoms with van der Waals surface area (Å²) in [5.41, 5.74) is 7.92. The second kappa shape index (κ2) is 6.71. The SMILES string of the molecule is Cc1cccc(CC(=O)N2CCC(CCN)CC2)c1. The molecule has 3 nitrogen and oxygen atoms in total. The second-order valence-electron chi connectivity index (χ2n) is 5.57. The largest absolute Gasteiger partial charge is 0.342 e. The Bertz CT molecular complexity index is 423. The smallest absolute Gasteiger partial charge is 0.226 e. The maximum Gasteiger partial charge on any atom is 0.226 e. The van der Waals surface area contributed by atoms with Gasteiger partial charge in [-0.1, -0.05) is 29.8 Å². The zero-order chi connectivity index (χ0) is 13.7. The van der Waals surface area contributed by atoms with Gasteiger partial charge in [-0.3, -0.25) is 4.79 Å². The van der Waals surface area contributed by atoms with Crippen molar-refractivity contribution in [3.63, 3.8) is 0 Å². The second-order valence-corrected chi connectivity index (χ2v) is 5.57. The molecular weight excluding hydrogens is 236 g/mol. The Balaban J connectivity index is 1.84. The minimum absolute atomic E-state index is 0.261. The van der Waals surface area contributed by atoms with Crippen LogP contribution in [-0.4, -0.2) is 30.4 Å². The van der Waals surface area contributed by atoms with Crippen molar-refractivity contribution in [3.8, 4) is 0 Å². The Labute approximate surface area is 115 Å². The van der Waals surface area contributed by atoms with E-state index < -0.39 is 0 Å². The molecule has 0 aromatic heterocycles. The predicted octanol–water partition coefficient (Wildman–Crippen LogP) is 2.12. The zero-order valence-corrected chi connectivity index (χ0v) is 11.8. The van der Waals surface area contributed by atoms with Crippen molar-refractivity contribution in [2.75, 3.05) is 19.6 Å². The van der Waals surface area contributed by atoms with Gasteiger partial charge in [-0.25, -0.2) is 0 Å². The summed E-state index contributed by atoms with van der Waals surface area (Å²) in [5.74, 6) is 0.977. The van der Waals surface area contributed by atoms with Crippen molar-refractivity contribution < 1.29 is 4.79 Å². The van der Waals surface area contributed by atoms with Crippen LogP contribution in [0.3, 0.4) is 0 Å². The van der Waals surface area contributed by atoms with E-state index in [1.54, 1.807) is 0 Å². The lowest BCUT2D eigenvalue weighted by Crippen LogP contribution is -2.39. The molecule has 1 saturated heterocycles. The number of carbonyl (C=O) groups is 1. The van der Waals surface area contributed by atoms with Gasteiger partial charge in [0, 0.05) is 13.1 Å². The quantitative estimate of drug-likeness (QED) is 0.901. The standard InChI is InChI=1S/C16H24N2O/c1-13-3-2-4-15(11-13)12-16(19)18-9-6-14(5-8-17)7-10-18/h2-4,11,14H,5-10,12,17H2,1H3. The first kappa shape index (κ1) is 14.1. The van der Waals surface area contributed by atoms with Crippen molar-refractivity contribution in [1.82, 2.24) is 4.90 Å². The summed E-state index contributed by atoms with van der Waals surface area (Å²) in [6.07, 6.45) is 3.84. The van der Waals surface area contributed by atoms with Crippen LogP contribution in [-0.2, 0) is 11.2 Å². The molecule has 1 fully saturated rings. The molecule has 0 radical (unpaired) electrons. The third kappa shape index (κ3) is 4.06. The minimum atomic E-state index is 0.261. The molecule has 1 aliphatic heterocycles. The molecule has 19 heavy (non-hydrogen) atoms. The van der Waals surface area contributed by atoms with Gasteiger partial charge in [0.15, 0.2) is 0 Å². The number of nitrogens with zero attached hydrogens (tertiary/aromatic N) is 1. The highest BCUT2D eigenvalue weighted by molar-refractivity contribution is 5.78. The normalized spacial score (nSPS) is 16.6. The van der Waals surface area contributed by atoms with Crippen LogP contribution >= 0.6 is 0 Å². The molecule has 1 aliphatic rings. The summed E-state index contributed by atoms with van der Waals surface area (Å²) in [5, 5.41) is 0. The van der Waals surface area contributed by atoms with Crippen molar-refractivity contribution in [3.05, 3.63) is 35.4 Å². The molecule has 2 rings (SSSR count). The van der Waals surface area contributed by atoms with E-state index in [9.17, 15) is 4.79 Å². The topological polar surface area (TPSA) is 46.3 Å². The number of aryl methyl sites for hydroxylation is 1. The van der Waals surface area contributed by atoms with Gasteiger partial charge >= 0.3 is 0 Å². The molecule has 0 unspecified atom stereocenters. The average Bonchev–Trinajstić information content (AvgIpc) is 2.40. The number of piperidine rings is 1. The molecule has 0 bridgehead atoms. The van der Waals surface area contributed by atoms with E-state index in [2.05, 4.69) is 19.1 Å². The van der Waals surface area contributed by atoms with Crippen LogP contribution in [0.2, 0.25) is 0 Å². The predicted molar refractivity (Wildman–Crippen MR) is 77.9 cm³/mol. The lowest BCUT2D eigenvalue weighted by Gasteiger charge is -2.32. The fraction of sp³-hybridized carbons (Fsp3) is 0.562. The van der Waals surface area contributed by atoms with Crippen molar-refractivity contribution >= 4 is 5.91 Å². The lowest BCUT2D eigenvalue weighted by molar-refractivity contribution is -0.131. The summed E-state index contributed by atoms with van der Waals surface area (Å²) in [6.45, 7) is 4.62. The fourth-order valence-electron chi connectivity index (χ4n) is 2.82. The summed E-state index contributed by atoms with van der Waals surface area (Å²) in [4.78, 5) is 14.3. The van der Waals surface area contributed by atoms with E-state index in [1.807, 2.05) is 17.0 Å². The van der Waals surface area contributed by atoms with E-state index in [4.69, 9.17) is 5.73 Å². The molecule has 1 aromatic carbocycles.